The highest BCUT2D eigenvalue weighted by molar-refractivity contribution is 7.89. The van der Waals surface area contributed by atoms with E-state index < -0.39 is 10.0 Å². The van der Waals surface area contributed by atoms with Gasteiger partial charge in [0.05, 0.1) is 12.0 Å². The molecule has 0 unspecified atom stereocenters. The molecular weight excluding hydrogens is 288 g/mol. The van der Waals surface area contributed by atoms with Crippen LogP contribution in [-0.2, 0) is 10.0 Å². The van der Waals surface area contributed by atoms with Crippen LogP contribution in [0.5, 0.6) is 5.75 Å². The van der Waals surface area contributed by atoms with E-state index in [9.17, 15) is 8.42 Å². The zero-order valence-corrected chi connectivity index (χ0v) is 14.0. The first kappa shape index (κ1) is 16.3. The molecule has 6 heteroatoms. The van der Waals surface area contributed by atoms with E-state index in [1.807, 2.05) is 20.9 Å². The van der Waals surface area contributed by atoms with Gasteiger partial charge in [0.15, 0.2) is 0 Å². The molecule has 0 atom stereocenters. The summed E-state index contributed by atoms with van der Waals surface area (Å²) in [6, 6.07) is 3.81. The van der Waals surface area contributed by atoms with Crippen LogP contribution in [-0.4, -0.2) is 46.0 Å². The van der Waals surface area contributed by atoms with Crippen molar-refractivity contribution in [1.29, 1.82) is 0 Å². The molecule has 5 nitrogen and oxygen atoms in total. The first-order valence-corrected chi connectivity index (χ1v) is 8.66. The maximum Gasteiger partial charge on any atom is 0.243 e. The van der Waals surface area contributed by atoms with Crippen LogP contribution in [0.25, 0.3) is 0 Å². The lowest BCUT2D eigenvalue weighted by molar-refractivity contribution is 0.298. The average Bonchev–Trinajstić information content (AvgIpc) is 2.47. The minimum atomic E-state index is -3.41. The third-order valence-electron chi connectivity index (χ3n) is 4.14. The molecule has 0 spiro atoms. The van der Waals surface area contributed by atoms with E-state index in [1.54, 1.807) is 23.5 Å². The van der Waals surface area contributed by atoms with Crippen LogP contribution in [0.4, 0.5) is 0 Å². The van der Waals surface area contributed by atoms with Gasteiger partial charge >= 0.3 is 0 Å². The van der Waals surface area contributed by atoms with E-state index in [1.165, 1.54) is 0 Å². The second kappa shape index (κ2) is 6.34. The molecule has 0 aliphatic carbocycles. The van der Waals surface area contributed by atoms with Gasteiger partial charge < -0.3 is 10.1 Å². The van der Waals surface area contributed by atoms with Crippen molar-refractivity contribution in [2.75, 3.05) is 27.2 Å². The fourth-order valence-corrected chi connectivity index (χ4v) is 4.56. The summed E-state index contributed by atoms with van der Waals surface area (Å²) >= 11 is 0. The molecule has 118 valence electrons. The minimum absolute atomic E-state index is 0.362. The summed E-state index contributed by atoms with van der Waals surface area (Å²) in [5.41, 5.74) is 1.70. The van der Waals surface area contributed by atoms with Crippen LogP contribution in [0, 0.1) is 13.8 Å². The van der Waals surface area contributed by atoms with Crippen LogP contribution < -0.4 is 10.1 Å². The van der Waals surface area contributed by atoms with Crippen molar-refractivity contribution in [1.82, 2.24) is 9.62 Å². The summed E-state index contributed by atoms with van der Waals surface area (Å²) in [7, 11) is 0.111. The van der Waals surface area contributed by atoms with Gasteiger partial charge in [0.1, 0.15) is 5.75 Å². The van der Waals surface area contributed by atoms with Crippen molar-refractivity contribution in [2.24, 2.45) is 0 Å². The summed E-state index contributed by atoms with van der Waals surface area (Å²) in [5.74, 6) is 0.753. The van der Waals surface area contributed by atoms with Crippen molar-refractivity contribution in [3.05, 3.63) is 23.3 Å². The lowest BCUT2D eigenvalue weighted by Crippen LogP contribution is -2.43. The number of nitrogens with zero attached hydrogens (tertiary/aromatic N) is 1. The maximum absolute atomic E-state index is 12.8. The number of hydrogen-bond acceptors (Lipinski definition) is 4. The van der Waals surface area contributed by atoms with E-state index in [2.05, 4.69) is 5.32 Å². The number of aryl methyl sites for hydroxylation is 2. The third kappa shape index (κ3) is 3.22. The first-order chi connectivity index (χ1) is 9.90. The van der Waals surface area contributed by atoms with Crippen molar-refractivity contribution < 1.29 is 13.2 Å². The summed E-state index contributed by atoms with van der Waals surface area (Å²) in [6.45, 7) is 4.88. The molecule has 0 aromatic heterocycles. The van der Waals surface area contributed by atoms with E-state index in [0.29, 0.717) is 24.0 Å². The molecule has 1 aromatic rings. The van der Waals surface area contributed by atoms with Crippen molar-refractivity contribution >= 4 is 10.0 Å². The number of nitrogens with one attached hydrogen (secondary N) is 1. The predicted octanol–water partition coefficient (Wildman–Crippen LogP) is 1.68. The highest BCUT2D eigenvalue weighted by Gasteiger charge is 2.29. The van der Waals surface area contributed by atoms with Crippen LogP contribution >= 0.6 is 0 Å². The van der Waals surface area contributed by atoms with Crippen LogP contribution in [0.2, 0.25) is 0 Å². The van der Waals surface area contributed by atoms with Crippen LogP contribution in [0.1, 0.15) is 24.0 Å². The lowest BCUT2D eigenvalue weighted by atomic mass is 10.1. The van der Waals surface area contributed by atoms with Gasteiger partial charge in [-0.05, 0) is 57.0 Å². The molecule has 2 rings (SSSR count). The number of ether oxygens (including phenoxy) is 1. The highest BCUT2D eigenvalue weighted by Crippen LogP contribution is 2.29. The van der Waals surface area contributed by atoms with E-state index >= 15 is 0 Å². The second-order valence-electron chi connectivity index (χ2n) is 5.56. The average molecular weight is 312 g/mol. The van der Waals surface area contributed by atoms with Crippen molar-refractivity contribution in [3.8, 4) is 5.75 Å². The normalized spacial score (nSPS) is 17.9. The summed E-state index contributed by atoms with van der Waals surface area (Å²) < 4.78 is 32.4. The first-order valence-electron chi connectivity index (χ1n) is 7.22. The Hall–Kier alpha value is -1.11. The lowest BCUT2D eigenvalue weighted by Gasteiger charge is -2.31. The molecule has 0 amide bonds. The van der Waals surface area contributed by atoms with Crippen LogP contribution in [0.3, 0.4) is 0 Å². The van der Waals surface area contributed by atoms with Gasteiger partial charge in [0.25, 0.3) is 0 Å². The topological polar surface area (TPSA) is 58.6 Å². The van der Waals surface area contributed by atoms with Gasteiger partial charge in [-0.1, -0.05) is 0 Å². The molecule has 1 aliphatic heterocycles. The van der Waals surface area contributed by atoms with Gasteiger partial charge in [-0.3, -0.25) is 0 Å². The Morgan fingerprint density at radius 1 is 1.19 bits per heavy atom. The van der Waals surface area contributed by atoms with Crippen molar-refractivity contribution in [3.63, 3.8) is 0 Å². The SMILES string of the molecule is CNC1CCN(S(=O)(=O)c2cc(C)c(OC)c(C)c2)CC1. The molecule has 1 heterocycles. The number of sulfonamides is 1. The standard InChI is InChI=1S/C15H24N2O3S/c1-11-9-14(10-12(2)15(11)20-4)21(18,19)17-7-5-13(16-3)6-8-17/h9-10,13,16H,5-8H2,1-4H3. The largest absolute Gasteiger partial charge is 0.496 e. The van der Waals surface area contributed by atoms with Gasteiger partial charge in [0, 0.05) is 19.1 Å². The molecule has 0 saturated carbocycles. The Morgan fingerprint density at radius 2 is 1.71 bits per heavy atom. The molecule has 1 fully saturated rings. The summed E-state index contributed by atoms with van der Waals surface area (Å²) in [5, 5.41) is 3.21. The number of benzene rings is 1. The van der Waals surface area contributed by atoms with Gasteiger partial charge in [-0.25, -0.2) is 8.42 Å². The molecule has 1 aromatic carbocycles. The van der Waals surface area contributed by atoms with Gasteiger partial charge in [-0.15, -0.1) is 0 Å². The molecule has 21 heavy (non-hydrogen) atoms. The molecule has 1 aliphatic rings. The Bertz CT molecular complexity index is 582. The molecule has 1 N–H and O–H groups in total. The number of piperidine rings is 1. The van der Waals surface area contributed by atoms with Crippen molar-refractivity contribution in [2.45, 2.75) is 37.6 Å². The molecule has 0 bridgehead atoms. The molecule has 1 saturated heterocycles. The number of rotatable bonds is 4. The summed E-state index contributed by atoms with van der Waals surface area (Å²) in [6.07, 6.45) is 1.70. The van der Waals surface area contributed by atoms with Gasteiger partial charge in [0.2, 0.25) is 10.0 Å². The number of methoxy groups -OCH3 is 1. The smallest absolute Gasteiger partial charge is 0.243 e. The maximum atomic E-state index is 12.8. The minimum Gasteiger partial charge on any atom is -0.496 e. The zero-order valence-electron chi connectivity index (χ0n) is 13.1. The Morgan fingerprint density at radius 3 is 2.14 bits per heavy atom. The zero-order chi connectivity index (χ0) is 15.6. The quantitative estimate of drug-likeness (QED) is 0.919. The Kier molecular flexibility index (Phi) is 4.91. The Labute approximate surface area is 127 Å². The predicted molar refractivity (Wildman–Crippen MR) is 83.3 cm³/mol. The fourth-order valence-electron chi connectivity index (χ4n) is 2.92. The van der Waals surface area contributed by atoms with E-state index in [4.69, 9.17) is 4.74 Å². The van der Waals surface area contributed by atoms with E-state index in [-0.39, 0.29) is 0 Å². The highest BCUT2D eigenvalue weighted by atomic mass is 32.2. The second-order valence-corrected chi connectivity index (χ2v) is 7.50. The number of hydrogen-bond donors (Lipinski definition) is 1. The van der Waals surface area contributed by atoms with Gasteiger partial charge in [-0.2, -0.15) is 4.31 Å². The molecular formula is C15H24N2O3S. The third-order valence-corrected chi connectivity index (χ3v) is 6.01. The Balaban J connectivity index is 2.28. The monoisotopic (exact) mass is 312 g/mol. The fraction of sp³-hybridized carbons (Fsp3) is 0.600. The van der Waals surface area contributed by atoms with Crippen LogP contribution in [0.15, 0.2) is 17.0 Å². The molecule has 0 radical (unpaired) electrons. The van der Waals surface area contributed by atoms with E-state index in [0.717, 1.165) is 29.7 Å². The summed E-state index contributed by atoms with van der Waals surface area (Å²) in [4.78, 5) is 0.362.